The van der Waals surface area contributed by atoms with Crippen LogP contribution in [0.25, 0.3) is 0 Å². The first-order valence-corrected chi connectivity index (χ1v) is 6.90. The van der Waals surface area contributed by atoms with E-state index in [9.17, 15) is 9.59 Å². The van der Waals surface area contributed by atoms with Crippen LogP contribution in [-0.4, -0.2) is 24.1 Å². The Hall–Kier alpha value is -1.32. The van der Waals surface area contributed by atoms with Gasteiger partial charge in [0.25, 0.3) is 0 Å². The topological polar surface area (TPSA) is 52.6 Å². The highest BCUT2D eigenvalue weighted by molar-refractivity contribution is 5.83. The van der Waals surface area contributed by atoms with Crippen LogP contribution in [-0.2, 0) is 19.1 Å². The summed E-state index contributed by atoms with van der Waals surface area (Å²) in [6.45, 7) is 9.16. The Morgan fingerprint density at radius 1 is 1.05 bits per heavy atom. The second-order valence-electron chi connectivity index (χ2n) is 5.63. The summed E-state index contributed by atoms with van der Waals surface area (Å²) in [6, 6.07) is 0. The van der Waals surface area contributed by atoms with E-state index >= 15 is 0 Å². The number of carbonyl (C=O) groups is 2. The molecule has 0 N–H and O–H groups in total. The van der Waals surface area contributed by atoms with Crippen LogP contribution in [0.1, 0.15) is 41.0 Å². The SMILES string of the molecule is CC(C)OC(=O)C1CC=CC(C)C1C(=O)OC(C)C. The zero-order chi connectivity index (χ0) is 14.6. The fourth-order valence-corrected chi connectivity index (χ4v) is 2.32. The van der Waals surface area contributed by atoms with Crippen molar-refractivity contribution in [1.29, 1.82) is 0 Å². The summed E-state index contributed by atoms with van der Waals surface area (Å²) in [5.74, 6) is -1.51. The summed E-state index contributed by atoms with van der Waals surface area (Å²) in [6.07, 6.45) is 4.10. The van der Waals surface area contributed by atoms with E-state index in [2.05, 4.69) is 0 Å². The van der Waals surface area contributed by atoms with Gasteiger partial charge in [0, 0.05) is 0 Å². The third kappa shape index (κ3) is 4.37. The van der Waals surface area contributed by atoms with Gasteiger partial charge in [0.2, 0.25) is 0 Å². The molecule has 0 saturated heterocycles. The van der Waals surface area contributed by atoms with Crippen LogP contribution in [0.3, 0.4) is 0 Å². The summed E-state index contributed by atoms with van der Waals surface area (Å²) >= 11 is 0. The minimum atomic E-state index is -0.446. The first-order chi connectivity index (χ1) is 8.82. The molecule has 4 heteroatoms. The van der Waals surface area contributed by atoms with E-state index in [0.717, 1.165) is 0 Å². The molecule has 0 fully saturated rings. The number of allylic oxidation sites excluding steroid dienone is 2. The van der Waals surface area contributed by atoms with Crippen LogP contribution in [0.2, 0.25) is 0 Å². The standard InChI is InChI=1S/C15H24O4/c1-9(2)18-14(16)12-8-6-7-11(5)13(12)15(17)19-10(3)4/h6-7,9-13H,8H2,1-5H3. The number of carbonyl (C=O) groups excluding carboxylic acids is 2. The van der Waals surface area contributed by atoms with Crippen molar-refractivity contribution in [3.8, 4) is 0 Å². The van der Waals surface area contributed by atoms with Gasteiger partial charge < -0.3 is 9.47 Å². The second kappa shape index (κ2) is 6.73. The molecule has 3 atom stereocenters. The maximum atomic E-state index is 12.2. The summed E-state index contributed by atoms with van der Waals surface area (Å²) in [7, 11) is 0. The summed E-state index contributed by atoms with van der Waals surface area (Å²) in [4.78, 5) is 24.2. The molecule has 108 valence electrons. The maximum absolute atomic E-state index is 12.2. The van der Waals surface area contributed by atoms with E-state index in [-0.39, 0.29) is 30.1 Å². The molecule has 1 rings (SSSR count). The predicted molar refractivity (Wildman–Crippen MR) is 72.4 cm³/mol. The van der Waals surface area contributed by atoms with Crippen molar-refractivity contribution in [2.24, 2.45) is 17.8 Å². The van der Waals surface area contributed by atoms with Crippen molar-refractivity contribution < 1.29 is 19.1 Å². The highest BCUT2D eigenvalue weighted by Crippen LogP contribution is 2.32. The third-order valence-electron chi connectivity index (χ3n) is 3.11. The Balaban J connectivity index is 2.84. The molecule has 0 saturated carbocycles. The molecule has 0 aliphatic heterocycles. The third-order valence-corrected chi connectivity index (χ3v) is 3.11. The molecule has 4 nitrogen and oxygen atoms in total. The van der Waals surface area contributed by atoms with Crippen LogP contribution in [0.4, 0.5) is 0 Å². The average Bonchev–Trinajstić information content (AvgIpc) is 2.26. The number of ether oxygens (including phenoxy) is 2. The molecule has 1 aliphatic rings. The highest BCUT2D eigenvalue weighted by atomic mass is 16.6. The average molecular weight is 268 g/mol. The Labute approximate surface area is 115 Å². The molecule has 0 radical (unpaired) electrons. The maximum Gasteiger partial charge on any atom is 0.310 e. The Kier molecular flexibility index (Phi) is 5.58. The normalized spacial score (nSPS) is 26.6. The lowest BCUT2D eigenvalue weighted by atomic mass is 9.76. The van der Waals surface area contributed by atoms with Crippen molar-refractivity contribution in [3.05, 3.63) is 12.2 Å². The highest BCUT2D eigenvalue weighted by Gasteiger charge is 2.40. The molecule has 0 aromatic heterocycles. The molecule has 3 unspecified atom stereocenters. The fourth-order valence-electron chi connectivity index (χ4n) is 2.32. The van der Waals surface area contributed by atoms with Crippen molar-refractivity contribution in [1.82, 2.24) is 0 Å². The van der Waals surface area contributed by atoms with Crippen molar-refractivity contribution in [2.75, 3.05) is 0 Å². The molecule has 0 amide bonds. The molecule has 0 heterocycles. The first-order valence-electron chi connectivity index (χ1n) is 6.90. The molecule has 0 aromatic carbocycles. The van der Waals surface area contributed by atoms with Gasteiger partial charge in [-0.3, -0.25) is 9.59 Å². The zero-order valence-corrected chi connectivity index (χ0v) is 12.4. The van der Waals surface area contributed by atoms with Crippen LogP contribution in [0, 0.1) is 17.8 Å². The Morgan fingerprint density at radius 3 is 2.11 bits per heavy atom. The van der Waals surface area contributed by atoms with E-state index in [1.165, 1.54) is 0 Å². The monoisotopic (exact) mass is 268 g/mol. The number of rotatable bonds is 4. The van der Waals surface area contributed by atoms with Gasteiger partial charge in [-0.2, -0.15) is 0 Å². The van der Waals surface area contributed by atoms with E-state index in [0.29, 0.717) is 6.42 Å². The predicted octanol–water partition coefficient (Wildman–Crippen LogP) is 2.72. The van der Waals surface area contributed by atoms with Gasteiger partial charge in [0.05, 0.1) is 24.0 Å². The van der Waals surface area contributed by atoms with Crippen molar-refractivity contribution in [3.63, 3.8) is 0 Å². The Morgan fingerprint density at radius 2 is 1.58 bits per heavy atom. The van der Waals surface area contributed by atoms with Gasteiger partial charge in [-0.25, -0.2) is 0 Å². The second-order valence-corrected chi connectivity index (χ2v) is 5.63. The van der Waals surface area contributed by atoms with Gasteiger partial charge in [0.1, 0.15) is 0 Å². The molecular weight excluding hydrogens is 244 g/mol. The zero-order valence-electron chi connectivity index (χ0n) is 12.4. The van der Waals surface area contributed by atoms with Gasteiger partial charge in [0.15, 0.2) is 0 Å². The number of hydrogen-bond acceptors (Lipinski definition) is 4. The number of hydrogen-bond donors (Lipinski definition) is 0. The minimum absolute atomic E-state index is 0.00953. The van der Waals surface area contributed by atoms with Gasteiger partial charge in [-0.05, 0) is 40.0 Å². The van der Waals surface area contributed by atoms with Gasteiger partial charge in [-0.1, -0.05) is 19.1 Å². The van der Waals surface area contributed by atoms with Crippen LogP contribution in [0.5, 0.6) is 0 Å². The molecule has 19 heavy (non-hydrogen) atoms. The summed E-state index contributed by atoms with van der Waals surface area (Å²) < 4.78 is 10.5. The quantitative estimate of drug-likeness (QED) is 0.581. The summed E-state index contributed by atoms with van der Waals surface area (Å²) in [5, 5.41) is 0. The smallest absolute Gasteiger partial charge is 0.310 e. The fraction of sp³-hybridized carbons (Fsp3) is 0.733. The van der Waals surface area contributed by atoms with Crippen LogP contribution >= 0.6 is 0 Å². The van der Waals surface area contributed by atoms with Crippen LogP contribution in [0.15, 0.2) is 12.2 Å². The van der Waals surface area contributed by atoms with E-state index < -0.39 is 11.8 Å². The van der Waals surface area contributed by atoms with Gasteiger partial charge in [-0.15, -0.1) is 0 Å². The lowest BCUT2D eigenvalue weighted by molar-refractivity contribution is -0.167. The number of esters is 2. The minimum Gasteiger partial charge on any atom is -0.463 e. The molecule has 1 aliphatic carbocycles. The Bertz CT molecular complexity index is 357. The van der Waals surface area contributed by atoms with Crippen LogP contribution < -0.4 is 0 Å². The van der Waals surface area contributed by atoms with Gasteiger partial charge >= 0.3 is 11.9 Å². The molecule has 0 bridgehead atoms. The molecule has 0 spiro atoms. The lowest BCUT2D eigenvalue weighted by Gasteiger charge is -2.31. The molecule has 0 aromatic rings. The summed E-state index contributed by atoms with van der Waals surface area (Å²) in [5.41, 5.74) is 0. The first kappa shape index (κ1) is 15.7. The van der Waals surface area contributed by atoms with E-state index in [4.69, 9.17) is 9.47 Å². The van der Waals surface area contributed by atoms with Crippen molar-refractivity contribution >= 4 is 11.9 Å². The lowest BCUT2D eigenvalue weighted by Crippen LogP contribution is -2.39. The largest absolute Gasteiger partial charge is 0.463 e. The van der Waals surface area contributed by atoms with Crippen molar-refractivity contribution in [2.45, 2.75) is 53.2 Å². The van der Waals surface area contributed by atoms with E-state index in [1.807, 2.05) is 32.9 Å². The van der Waals surface area contributed by atoms with E-state index in [1.54, 1.807) is 13.8 Å². The molecular formula is C15H24O4.